The number of carbonyl (C=O) groups excluding carboxylic acids is 1. The van der Waals surface area contributed by atoms with Crippen LogP contribution in [0.1, 0.15) is 5.56 Å². The molecule has 0 bridgehead atoms. The first-order valence-electron chi connectivity index (χ1n) is 11.2. The summed E-state index contributed by atoms with van der Waals surface area (Å²) in [6.07, 6.45) is 1.73. The summed E-state index contributed by atoms with van der Waals surface area (Å²) in [4.78, 5) is 17.4. The predicted octanol–water partition coefficient (Wildman–Crippen LogP) is 6.04. The number of para-hydroxylation sites is 1. The molecule has 2 heterocycles. The van der Waals surface area contributed by atoms with Crippen molar-refractivity contribution >= 4 is 23.4 Å². The van der Waals surface area contributed by atoms with E-state index in [1.807, 2.05) is 109 Å². The van der Waals surface area contributed by atoms with Gasteiger partial charge in [-0.1, -0.05) is 84.1 Å². The highest BCUT2D eigenvalue weighted by molar-refractivity contribution is 7.99. The molecule has 0 atom stereocenters. The van der Waals surface area contributed by atoms with Crippen molar-refractivity contribution in [2.75, 3.05) is 11.1 Å². The number of hydrogen-bond donors (Lipinski definition) is 1. The highest BCUT2D eigenvalue weighted by atomic mass is 32.2. The highest BCUT2D eigenvalue weighted by Gasteiger charge is 2.18. The molecule has 1 N–H and O–H groups in total. The SMILES string of the molecule is Cc1ccc(-n2c(SCC(=O)Nc3ccccc3-c3ccccc3)nnc2-c2ccccn2)cc1. The van der Waals surface area contributed by atoms with E-state index >= 15 is 0 Å². The lowest BCUT2D eigenvalue weighted by Crippen LogP contribution is -2.15. The van der Waals surface area contributed by atoms with Gasteiger partial charge in [0.25, 0.3) is 0 Å². The first-order chi connectivity index (χ1) is 17.2. The molecule has 172 valence electrons. The minimum atomic E-state index is -0.115. The Bertz CT molecular complexity index is 1430. The second-order valence-electron chi connectivity index (χ2n) is 7.94. The van der Waals surface area contributed by atoms with E-state index in [2.05, 4.69) is 20.5 Å². The average Bonchev–Trinajstić information content (AvgIpc) is 3.33. The third-order valence-corrected chi connectivity index (χ3v) is 6.37. The monoisotopic (exact) mass is 477 g/mol. The van der Waals surface area contributed by atoms with Crippen LogP contribution in [0.15, 0.2) is 108 Å². The summed E-state index contributed by atoms with van der Waals surface area (Å²) in [7, 11) is 0. The lowest BCUT2D eigenvalue weighted by molar-refractivity contribution is -0.113. The second-order valence-corrected chi connectivity index (χ2v) is 8.88. The maximum absolute atomic E-state index is 12.9. The van der Waals surface area contributed by atoms with Crippen molar-refractivity contribution in [3.8, 4) is 28.3 Å². The van der Waals surface area contributed by atoms with Crippen LogP contribution < -0.4 is 5.32 Å². The maximum Gasteiger partial charge on any atom is 0.234 e. The standard InChI is InChI=1S/C28H23N5OS/c1-20-14-16-22(17-15-20)33-27(25-13-7-8-18-29-25)31-32-28(33)35-19-26(34)30-24-12-6-5-11-23(24)21-9-3-2-4-10-21/h2-18H,19H2,1H3,(H,30,34). The zero-order valence-electron chi connectivity index (χ0n) is 19.1. The van der Waals surface area contributed by atoms with Crippen LogP contribution in [0, 0.1) is 6.92 Å². The molecule has 35 heavy (non-hydrogen) atoms. The number of benzene rings is 3. The zero-order chi connectivity index (χ0) is 24.0. The summed E-state index contributed by atoms with van der Waals surface area (Å²) in [5, 5.41) is 12.5. The number of thioether (sulfide) groups is 1. The number of anilines is 1. The Morgan fingerprint density at radius 3 is 2.37 bits per heavy atom. The van der Waals surface area contributed by atoms with Gasteiger partial charge in [0.2, 0.25) is 5.91 Å². The van der Waals surface area contributed by atoms with Gasteiger partial charge in [0.15, 0.2) is 11.0 Å². The molecule has 5 aromatic rings. The first-order valence-corrected chi connectivity index (χ1v) is 12.2. The average molecular weight is 478 g/mol. The Morgan fingerprint density at radius 1 is 0.857 bits per heavy atom. The minimum Gasteiger partial charge on any atom is -0.325 e. The number of hydrogen-bond acceptors (Lipinski definition) is 5. The molecule has 0 aliphatic carbocycles. The van der Waals surface area contributed by atoms with E-state index in [1.165, 1.54) is 11.8 Å². The van der Waals surface area contributed by atoms with Gasteiger partial charge in [-0.05, 0) is 42.8 Å². The van der Waals surface area contributed by atoms with Crippen LogP contribution >= 0.6 is 11.8 Å². The Labute approximate surface area is 208 Å². The Morgan fingerprint density at radius 2 is 1.60 bits per heavy atom. The summed E-state index contributed by atoms with van der Waals surface area (Å²) >= 11 is 1.34. The van der Waals surface area contributed by atoms with Crippen LogP contribution in [0.5, 0.6) is 0 Å². The van der Waals surface area contributed by atoms with Gasteiger partial charge < -0.3 is 5.32 Å². The summed E-state index contributed by atoms with van der Waals surface area (Å²) < 4.78 is 1.94. The van der Waals surface area contributed by atoms with Gasteiger partial charge in [-0.15, -0.1) is 10.2 Å². The number of pyridine rings is 1. The fourth-order valence-electron chi connectivity index (χ4n) is 3.73. The molecule has 0 unspecified atom stereocenters. The molecule has 0 aliphatic rings. The topological polar surface area (TPSA) is 72.7 Å². The number of carbonyl (C=O) groups is 1. The van der Waals surface area contributed by atoms with Crippen molar-refractivity contribution in [3.05, 3.63) is 109 Å². The van der Waals surface area contributed by atoms with Crippen molar-refractivity contribution in [2.45, 2.75) is 12.1 Å². The van der Waals surface area contributed by atoms with Crippen LogP contribution in [0.4, 0.5) is 5.69 Å². The molecule has 0 saturated carbocycles. The molecule has 1 amide bonds. The Balaban J connectivity index is 1.38. The normalized spacial score (nSPS) is 10.8. The van der Waals surface area contributed by atoms with Crippen molar-refractivity contribution in [1.82, 2.24) is 19.7 Å². The van der Waals surface area contributed by atoms with Crippen molar-refractivity contribution in [3.63, 3.8) is 0 Å². The molecular weight excluding hydrogens is 454 g/mol. The third-order valence-electron chi connectivity index (χ3n) is 5.44. The van der Waals surface area contributed by atoms with Gasteiger partial charge in [0.1, 0.15) is 5.69 Å². The zero-order valence-corrected chi connectivity index (χ0v) is 19.9. The Hall–Kier alpha value is -4.23. The van der Waals surface area contributed by atoms with Crippen LogP contribution in [0.25, 0.3) is 28.3 Å². The lowest BCUT2D eigenvalue weighted by atomic mass is 10.0. The van der Waals surface area contributed by atoms with Crippen LogP contribution in [0.3, 0.4) is 0 Å². The fraction of sp³-hybridized carbons (Fsp3) is 0.0714. The van der Waals surface area contributed by atoms with Crippen LogP contribution in [0.2, 0.25) is 0 Å². The molecular formula is C28H23N5OS. The molecule has 6 nitrogen and oxygen atoms in total. The molecule has 5 rings (SSSR count). The summed E-state index contributed by atoms with van der Waals surface area (Å²) in [5.74, 6) is 0.706. The van der Waals surface area contributed by atoms with E-state index in [1.54, 1.807) is 6.20 Å². The van der Waals surface area contributed by atoms with Gasteiger partial charge in [0, 0.05) is 23.1 Å². The molecule has 0 aliphatic heterocycles. The smallest absolute Gasteiger partial charge is 0.234 e. The number of nitrogens with one attached hydrogen (secondary N) is 1. The minimum absolute atomic E-state index is 0.115. The van der Waals surface area contributed by atoms with Gasteiger partial charge >= 0.3 is 0 Å². The molecule has 0 fully saturated rings. The van der Waals surface area contributed by atoms with E-state index in [-0.39, 0.29) is 11.7 Å². The first kappa shape index (κ1) is 22.6. The second kappa shape index (κ2) is 10.4. The van der Waals surface area contributed by atoms with E-state index in [0.717, 1.165) is 28.1 Å². The van der Waals surface area contributed by atoms with Gasteiger partial charge in [-0.25, -0.2) is 0 Å². The lowest BCUT2D eigenvalue weighted by Gasteiger charge is -2.12. The van der Waals surface area contributed by atoms with E-state index in [0.29, 0.717) is 16.7 Å². The molecule has 2 aromatic heterocycles. The number of aromatic nitrogens is 4. The summed E-state index contributed by atoms with van der Waals surface area (Å²) in [5.41, 5.74) is 5.60. The van der Waals surface area contributed by atoms with Crippen LogP contribution in [-0.2, 0) is 4.79 Å². The summed E-state index contributed by atoms with van der Waals surface area (Å²) in [6.45, 7) is 2.04. The quantitative estimate of drug-likeness (QED) is 0.290. The largest absolute Gasteiger partial charge is 0.325 e. The van der Waals surface area contributed by atoms with Crippen molar-refractivity contribution in [1.29, 1.82) is 0 Å². The summed E-state index contributed by atoms with van der Waals surface area (Å²) in [6, 6.07) is 31.6. The number of amides is 1. The van der Waals surface area contributed by atoms with E-state index in [9.17, 15) is 4.79 Å². The third kappa shape index (κ3) is 5.15. The van der Waals surface area contributed by atoms with Gasteiger partial charge in [0.05, 0.1) is 5.75 Å². The molecule has 0 saturated heterocycles. The number of aryl methyl sites for hydroxylation is 1. The molecule has 3 aromatic carbocycles. The van der Waals surface area contributed by atoms with E-state index in [4.69, 9.17) is 0 Å². The molecule has 0 spiro atoms. The fourth-order valence-corrected chi connectivity index (χ4v) is 4.48. The highest BCUT2D eigenvalue weighted by Crippen LogP contribution is 2.29. The predicted molar refractivity (Wildman–Crippen MR) is 141 cm³/mol. The van der Waals surface area contributed by atoms with Gasteiger partial charge in [-0.2, -0.15) is 0 Å². The van der Waals surface area contributed by atoms with Crippen molar-refractivity contribution in [2.24, 2.45) is 0 Å². The Kier molecular flexibility index (Phi) is 6.68. The van der Waals surface area contributed by atoms with Crippen LogP contribution in [-0.4, -0.2) is 31.4 Å². The number of nitrogens with zero attached hydrogens (tertiary/aromatic N) is 4. The van der Waals surface area contributed by atoms with Gasteiger partial charge in [-0.3, -0.25) is 14.3 Å². The molecule has 7 heteroatoms. The maximum atomic E-state index is 12.9. The van der Waals surface area contributed by atoms with Crippen molar-refractivity contribution < 1.29 is 4.79 Å². The number of rotatable bonds is 7. The molecule has 0 radical (unpaired) electrons. The van der Waals surface area contributed by atoms with E-state index < -0.39 is 0 Å².